The Kier molecular flexibility index (Phi) is 5.86. The van der Waals surface area contributed by atoms with Crippen LogP contribution in [-0.2, 0) is 13.0 Å². The molecule has 0 spiro atoms. The van der Waals surface area contributed by atoms with Gasteiger partial charge in [0.25, 0.3) is 5.91 Å². The highest BCUT2D eigenvalue weighted by Gasteiger charge is 2.15. The van der Waals surface area contributed by atoms with Crippen LogP contribution in [0, 0.1) is 13.8 Å². The van der Waals surface area contributed by atoms with Crippen molar-refractivity contribution in [2.45, 2.75) is 26.8 Å². The van der Waals surface area contributed by atoms with Gasteiger partial charge in [-0.2, -0.15) is 0 Å². The van der Waals surface area contributed by atoms with Gasteiger partial charge < -0.3 is 9.88 Å². The average Bonchev–Trinajstić information content (AvgIpc) is 3.10. The van der Waals surface area contributed by atoms with Gasteiger partial charge in [-0.1, -0.05) is 48.0 Å². The Bertz CT molecular complexity index is 1190. The van der Waals surface area contributed by atoms with E-state index >= 15 is 0 Å². The van der Waals surface area contributed by atoms with Crippen LogP contribution in [0.4, 0.5) is 0 Å². The third kappa shape index (κ3) is 4.39. The molecule has 0 fully saturated rings. The number of hydrogen-bond donors (Lipinski definition) is 1. The minimum Gasteiger partial charge on any atom is -0.352 e. The molecule has 4 nitrogen and oxygen atoms in total. The van der Waals surface area contributed by atoms with Crippen LogP contribution in [0.25, 0.3) is 10.9 Å². The number of rotatable bonds is 6. The molecule has 2 aromatic carbocycles. The first kappa shape index (κ1) is 20.2. The molecule has 0 bridgehead atoms. The molecule has 0 aliphatic rings. The molecule has 0 unspecified atom stereocenters. The highest BCUT2D eigenvalue weighted by molar-refractivity contribution is 6.30. The van der Waals surface area contributed by atoms with Crippen molar-refractivity contribution in [3.05, 3.63) is 100.0 Å². The van der Waals surface area contributed by atoms with Crippen molar-refractivity contribution >= 4 is 28.4 Å². The zero-order valence-electron chi connectivity index (χ0n) is 17.2. The van der Waals surface area contributed by atoms with Crippen LogP contribution in [0.15, 0.2) is 66.9 Å². The van der Waals surface area contributed by atoms with E-state index in [2.05, 4.69) is 20.9 Å². The van der Waals surface area contributed by atoms with Gasteiger partial charge in [0.1, 0.15) is 0 Å². The Hall–Kier alpha value is -3.11. The van der Waals surface area contributed by atoms with E-state index in [1.807, 2.05) is 74.6 Å². The Labute approximate surface area is 181 Å². The van der Waals surface area contributed by atoms with E-state index in [9.17, 15) is 4.79 Å². The molecular formula is C25H24ClN3O. The van der Waals surface area contributed by atoms with Crippen LogP contribution in [0.2, 0.25) is 5.02 Å². The largest absolute Gasteiger partial charge is 0.352 e. The van der Waals surface area contributed by atoms with Crippen molar-refractivity contribution in [3.63, 3.8) is 0 Å². The number of aromatic nitrogens is 2. The van der Waals surface area contributed by atoms with Gasteiger partial charge in [0.05, 0.1) is 5.56 Å². The predicted octanol–water partition coefficient (Wildman–Crippen LogP) is 5.33. The van der Waals surface area contributed by atoms with Gasteiger partial charge in [0.15, 0.2) is 0 Å². The molecule has 4 aromatic rings. The molecule has 5 heteroatoms. The fraction of sp³-hybridized carbons (Fsp3) is 0.200. The highest BCUT2D eigenvalue weighted by Crippen LogP contribution is 2.23. The van der Waals surface area contributed by atoms with Gasteiger partial charge in [0, 0.05) is 46.6 Å². The van der Waals surface area contributed by atoms with Crippen LogP contribution < -0.4 is 5.32 Å². The van der Waals surface area contributed by atoms with Crippen molar-refractivity contribution in [2.24, 2.45) is 0 Å². The van der Waals surface area contributed by atoms with Gasteiger partial charge >= 0.3 is 0 Å². The molecule has 1 amide bonds. The SMILES string of the molecule is Cc1ccc(CCNC(=O)c2cn(Cc3ccc(Cl)cc3)c3ccccc23)c(C)n1. The Balaban J connectivity index is 1.51. The molecule has 0 saturated carbocycles. The Morgan fingerprint density at radius 1 is 1.03 bits per heavy atom. The second kappa shape index (κ2) is 8.72. The third-order valence-corrected chi connectivity index (χ3v) is 5.57. The number of carbonyl (C=O) groups excluding carboxylic acids is 1. The number of nitrogens with one attached hydrogen (secondary N) is 1. The Morgan fingerprint density at radius 3 is 2.57 bits per heavy atom. The van der Waals surface area contributed by atoms with Crippen molar-refractivity contribution in [3.8, 4) is 0 Å². The van der Waals surface area contributed by atoms with Crippen molar-refractivity contribution < 1.29 is 4.79 Å². The lowest BCUT2D eigenvalue weighted by atomic mass is 10.1. The second-order valence-corrected chi connectivity index (χ2v) is 7.95. The molecule has 0 aliphatic heterocycles. The number of halogens is 1. The molecule has 4 rings (SSSR count). The first-order chi connectivity index (χ1) is 14.5. The molecule has 0 atom stereocenters. The van der Waals surface area contributed by atoms with Crippen molar-refractivity contribution in [1.29, 1.82) is 0 Å². The van der Waals surface area contributed by atoms with Gasteiger partial charge in [-0.3, -0.25) is 9.78 Å². The topological polar surface area (TPSA) is 46.9 Å². The number of pyridine rings is 1. The minimum absolute atomic E-state index is 0.0567. The van der Waals surface area contributed by atoms with E-state index in [1.54, 1.807) is 0 Å². The van der Waals surface area contributed by atoms with Gasteiger partial charge in [-0.15, -0.1) is 0 Å². The monoisotopic (exact) mass is 417 g/mol. The normalized spacial score (nSPS) is 11.0. The maximum atomic E-state index is 12.9. The maximum Gasteiger partial charge on any atom is 0.253 e. The number of nitrogens with zero attached hydrogens (tertiary/aromatic N) is 2. The third-order valence-electron chi connectivity index (χ3n) is 5.31. The summed E-state index contributed by atoms with van der Waals surface area (Å²) < 4.78 is 2.11. The zero-order chi connectivity index (χ0) is 21.1. The fourth-order valence-corrected chi connectivity index (χ4v) is 3.86. The number of fused-ring (bicyclic) bond motifs is 1. The van der Waals surface area contributed by atoms with E-state index in [0.29, 0.717) is 18.7 Å². The van der Waals surface area contributed by atoms with Crippen LogP contribution in [0.5, 0.6) is 0 Å². The summed E-state index contributed by atoms with van der Waals surface area (Å²) in [6, 6.07) is 19.9. The number of carbonyl (C=O) groups is 1. The Morgan fingerprint density at radius 2 is 1.80 bits per heavy atom. The molecule has 30 heavy (non-hydrogen) atoms. The summed E-state index contributed by atoms with van der Waals surface area (Å²) >= 11 is 6.00. The quantitative estimate of drug-likeness (QED) is 0.461. The lowest BCUT2D eigenvalue weighted by molar-refractivity contribution is 0.0955. The summed E-state index contributed by atoms with van der Waals surface area (Å²) in [4.78, 5) is 17.4. The van der Waals surface area contributed by atoms with Crippen molar-refractivity contribution in [2.75, 3.05) is 6.54 Å². The highest BCUT2D eigenvalue weighted by atomic mass is 35.5. The van der Waals surface area contributed by atoms with Crippen LogP contribution in [0.3, 0.4) is 0 Å². The molecule has 1 N–H and O–H groups in total. The van der Waals surface area contributed by atoms with E-state index in [-0.39, 0.29) is 5.91 Å². The average molecular weight is 418 g/mol. The summed E-state index contributed by atoms with van der Waals surface area (Å²) in [5.41, 5.74) is 6.05. The van der Waals surface area contributed by atoms with Crippen LogP contribution in [0.1, 0.15) is 32.9 Å². The summed E-state index contributed by atoms with van der Waals surface area (Å²) in [7, 11) is 0. The minimum atomic E-state index is -0.0567. The molecule has 0 saturated heterocycles. The lowest BCUT2D eigenvalue weighted by Crippen LogP contribution is -2.25. The van der Waals surface area contributed by atoms with E-state index in [1.165, 1.54) is 0 Å². The van der Waals surface area contributed by atoms with Crippen molar-refractivity contribution in [1.82, 2.24) is 14.9 Å². The summed E-state index contributed by atoms with van der Waals surface area (Å²) in [6.07, 6.45) is 2.70. The second-order valence-electron chi connectivity index (χ2n) is 7.52. The summed E-state index contributed by atoms with van der Waals surface area (Å²) in [5.74, 6) is -0.0567. The smallest absolute Gasteiger partial charge is 0.253 e. The molecule has 0 aliphatic carbocycles. The first-order valence-corrected chi connectivity index (χ1v) is 10.4. The molecule has 152 valence electrons. The lowest BCUT2D eigenvalue weighted by Gasteiger charge is -2.07. The number of benzene rings is 2. The standard InChI is InChI=1S/C25H24ClN3O/c1-17-7-10-20(18(2)28-17)13-14-27-25(30)23-16-29(24-6-4-3-5-22(23)24)15-19-8-11-21(26)12-9-19/h3-12,16H,13-15H2,1-2H3,(H,27,30). The summed E-state index contributed by atoms with van der Waals surface area (Å²) in [5, 5.41) is 4.74. The molecular weight excluding hydrogens is 394 g/mol. The maximum absolute atomic E-state index is 12.9. The van der Waals surface area contributed by atoms with Gasteiger partial charge in [0.2, 0.25) is 0 Å². The fourth-order valence-electron chi connectivity index (χ4n) is 3.73. The van der Waals surface area contributed by atoms with Crippen LogP contribution in [-0.4, -0.2) is 22.0 Å². The first-order valence-electron chi connectivity index (χ1n) is 10.0. The van der Waals surface area contributed by atoms with Crippen LogP contribution >= 0.6 is 11.6 Å². The van der Waals surface area contributed by atoms with E-state index in [4.69, 9.17) is 11.6 Å². The zero-order valence-corrected chi connectivity index (χ0v) is 17.9. The predicted molar refractivity (Wildman–Crippen MR) is 122 cm³/mol. The van der Waals surface area contributed by atoms with Gasteiger partial charge in [-0.05, 0) is 55.7 Å². The number of hydrogen-bond acceptors (Lipinski definition) is 2. The number of para-hydroxylation sites is 1. The number of amides is 1. The molecule has 0 radical (unpaired) electrons. The van der Waals surface area contributed by atoms with E-state index in [0.717, 1.165) is 44.9 Å². The van der Waals surface area contributed by atoms with Gasteiger partial charge in [-0.25, -0.2) is 0 Å². The summed E-state index contributed by atoms with van der Waals surface area (Å²) in [6.45, 7) is 5.24. The number of aryl methyl sites for hydroxylation is 2. The molecule has 2 heterocycles. The van der Waals surface area contributed by atoms with E-state index < -0.39 is 0 Å². The molecule has 2 aromatic heterocycles.